The second-order valence-electron chi connectivity index (χ2n) is 4.43. The molecule has 0 aliphatic rings. The van der Waals surface area contributed by atoms with E-state index in [4.69, 9.17) is 51.1 Å². The van der Waals surface area contributed by atoms with E-state index in [-0.39, 0.29) is 10.9 Å². The summed E-state index contributed by atoms with van der Waals surface area (Å²) >= 11 is 23.8. The molecule has 1 unspecified atom stereocenters. The molecule has 0 saturated heterocycles. The molecule has 1 N–H and O–H groups in total. The summed E-state index contributed by atoms with van der Waals surface area (Å²) in [6.45, 7) is 1.60. The Bertz CT molecular complexity index is 706. The van der Waals surface area contributed by atoms with E-state index in [0.717, 1.165) is 0 Å². The van der Waals surface area contributed by atoms with E-state index in [1.165, 1.54) is 12.1 Å². The second-order valence-corrected chi connectivity index (χ2v) is 6.05. The third-order valence-corrected chi connectivity index (χ3v) is 4.12. The van der Waals surface area contributed by atoms with Crippen molar-refractivity contribution in [1.82, 2.24) is 0 Å². The summed E-state index contributed by atoms with van der Waals surface area (Å²) in [6, 6.07) is 9.83. The van der Waals surface area contributed by atoms with Crippen LogP contribution >= 0.6 is 46.4 Å². The van der Waals surface area contributed by atoms with E-state index in [1.54, 1.807) is 31.2 Å². The number of carbonyl (C=O) groups excluding carboxylic acids is 1. The SMILES string of the molecule is CC(Oc1ccccc1Cl)C(=O)Nc1cc(Cl)c(Cl)cc1Cl. The zero-order chi connectivity index (χ0) is 16.3. The topological polar surface area (TPSA) is 38.3 Å². The van der Waals surface area contributed by atoms with Gasteiger partial charge in [0.2, 0.25) is 0 Å². The molecule has 0 heterocycles. The van der Waals surface area contributed by atoms with Gasteiger partial charge in [0, 0.05) is 0 Å². The van der Waals surface area contributed by atoms with Crippen LogP contribution in [0.5, 0.6) is 5.75 Å². The first-order valence-corrected chi connectivity index (χ1v) is 7.76. The molecule has 0 saturated carbocycles. The maximum Gasteiger partial charge on any atom is 0.265 e. The van der Waals surface area contributed by atoms with Gasteiger partial charge in [-0.05, 0) is 31.2 Å². The molecule has 0 radical (unpaired) electrons. The largest absolute Gasteiger partial charge is 0.479 e. The lowest BCUT2D eigenvalue weighted by atomic mass is 10.3. The Hall–Kier alpha value is -1.13. The molecule has 0 aliphatic carbocycles. The first-order chi connectivity index (χ1) is 10.4. The number of carbonyl (C=O) groups is 1. The molecule has 0 fully saturated rings. The van der Waals surface area contributed by atoms with E-state index in [1.807, 2.05) is 0 Å². The van der Waals surface area contributed by atoms with Crippen LogP contribution in [0.25, 0.3) is 0 Å². The van der Waals surface area contributed by atoms with Crippen LogP contribution in [0.3, 0.4) is 0 Å². The Labute approximate surface area is 148 Å². The summed E-state index contributed by atoms with van der Waals surface area (Å²) in [5, 5.41) is 3.95. The number of hydrogen-bond donors (Lipinski definition) is 1. The van der Waals surface area contributed by atoms with Gasteiger partial charge >= 0.3 is 0 Å². The second kappa shape index (κ2) is 7.42. The van der Waals surface area contributed by atoms with Gasteiger partial charge in [0.05, 0.1) is 25.8 Å². The maximum atomic E-state index is 12.2. The average Bonchev–Trinajstić information content (AvgIpc) is 2.47. The molecule has 2 rings (SSSR count). The Kier molecular flexibility index (Phi) is 5.81. The number of amides is 1. The molecule has 1 amide bonds. The number of anilines is 1. The monoisotopic (exact) mass is 377 g/mol. The highest BCUT2D eigenvalue weighted by molar-refractivity contribution is 6.44. The Balaban J connectivity index is 2.09. The predicted molar refractivity (Wildman–Crippen MR) is 91.6 cm³/mol. The highest BCUT2D eigenvalue weighted by atomic mass is 35.5. The quantitative estimate of drug-likeness (QED) is 0.692. The van der Waals surface area contributed by atoms with Gasteiger partial charge in [0.25, 0.3) is 5.91 Å². The molecule has 2 aromatic carbocycles. The standard InChI is InChI=1S/C15H11Cl4NO2/c1-8(22-14-5-3-2-4-9(14)16)15(21)20-13-7-11(18)10(17)6-12(13)19/h2-8H,1H3,(H,20,21). The molecule has 0 spiro atoms. The number of ether oxygens (including phenoxy) is 1. The number of para-hydroxylation sites is 1. The number of hydrogen-bond acceptors (Lipinski definition) is 2. The fourth-order valence-electron chi connectivity index (χ4n) is 1.64. The first kappa shape index (κ1) is 17.2. The number of rotatable bonds is 4. The van der Waals surface area contributed by atoms with E-state index >= 15 is 0 Å². The fraction of sp³-hybridized carbons (Fsp3) is 0.133. The van der Waals surface area contributed by atoms with Crippen molar-refractivity contribution in [3.8, 4) is 5.75 Å². The first-order valence-electron chi connectivity index (χ1n) is 6.25. The molecule has 0 bridgehead atoms. The van der Waals surface area contributed by atoms with Gasteiger partial charge in [-0.3, -0.25) is 4.79 Å². The molecule has 7 heteroatoms. The molecular formula is C15H11Cl4NO2. The summed E-state index contributed by atoms with van der Waals surface area (Å²) in [5.74, 6) is 0.0345. The lowest BCUT2D eigenvalue weighted by Crippen LogP contribution is -2.30. The minimum Gasteiger partial charge on any atom is -0.479 e. The van der Waals surface area contributed by atoms with Crippen LogP contribution < -0.4 is 10.1 Å². The highest BCUT2D eigenvalue weighted by Gasteiger charge is 2.18. The van der Waals surface area contributed by atoms with Gasteiger partial charge in [-0.1, -0.05) is 58.5 Å². The third-order valence-electron chi connectivity index (χ3n) is 2.78. The van der Waals surface area contributed by atoms with Crippen molar-refractivity contribution in [2.75, 3.05) is 5.32 Å². The van der Waals surface area contributed by atoms with E-state index in [9.17, 15) is 4.79 Å². The smallest absolute Gasteiger partial charge is 0.265 e. The summed E-state index contributed by atoms with van der Waals surface area (Å²) in [5.41, 5.74) is 0.357. The van der Waals surface area contributed by atoms with Crippen LogP contribution in [0.4, 0.5) is 5.69 Å². The maximum absolute atomic E-state index is 12.2. The van der Waals surface area contributed by atoms with Gasteiger partial charge in [0.15, 0.2) is 6.10 Å². The van der Waals surface area contributed by atoms with Crippen LogP contribution in [-0.2, 0) is 4.79 Å². The zero-order valence-corrected chi connectivity index (χ0v) is 14.4. The zero-order valence-electron chi connectivity index (χ0n) is 11.4. The van der Waals surface area contributed by atoms with Crippen LogP contribution in [0.1, 0.15) is 6.92 Å². The van der Waals surface area contributed by atoms with Crippen molar-refractivity contribution in [2.45, 2.75) is 13.0 Å². The van der Waals surface area contributed by atoms with Crippen LogP contribution in [0.15, 0.2) is 36.4 Å². The van der Waals surface area contributed by atoms with Crippen LogP contribution in [0, 0.1) is 0 Å². The van der Waals surface area contributed by atoms with Gasteiger partial charge in [-0.25, -0.2) is 0 Å². The molecule has 116 valence electrons. The van der Waals surface area contributed by atoms with Crippen LogP contribution in [-0.4, -0.2) is 12.0 Å². The number of halogens is 4. The molecular weight excluding hydrogens is 368 g/mol. The molecule has 1 atom stereocenters. The summed E-state index contributed by atoms with van der Waals surface area (Å²) < 4.78 is 5.53. The summed E-state index contributed by atoms with van der Waals surface area (Å²) in [4.78, 5) is 12.2. The molecule has 0 aliphatic heterocycles. The van der Waals surface area contributed by atoms with Crippen molar-refractivity contribution in [3.05, 3.63) is 56.5 Å². The van der Waals surface area contributed by atoms with Crippen LogP contribution in [0.2, 0.25) is 20.1 Å². The fourth-order valence-corrected chi connectivity index (χ4v) is 2.41. The molecule has 3 nitrogen and oxygen atoms in total. The van der Waals surface area contributed by atoms with Gasteiger partial charge < -0.3 is 10.1 Å². The minimum atomic E-state index is -0.773. The van der Waals surface area contributed by atoms with E-state index in [2.05, 4.69) is 5.32 Å². The highest BCUT2D eigenvalue weighted by Crippen LogP contribution is 2.32. The van der Waals surface area contributed by atoms with E-state index < -0.39 is 6.10 Å². The average molecular weight is 379 g/mol. The van der Waals surface area contributed by atoms with Crippen molar-refractivity contribution in [1.29, 1.82) is 0 Å². The lowest BCUT2D eigenvalue weighted by molar-refractivity contribution is -0.122. The summed E-state index contributed by atoms with van der Waals surface area (Å²) in [6.07, 6.45) is -0.773. The predicted octanol–water partition coefficient (Wildman–Crippen LogP) is 5.71. The Morgan fingerprint density at radius 3 is 2.32 bits per heavy atom. The lowest BCUT2D eigenvalue weighted by Gasteiger charge is -2.16. The van der Waals surface area contributed by atoms with Crippen molar-refractivity contribution in [2.24, 2.45) is 0 Å². The van der Waals surface area contributed by atoms with Crippen molar-refractivity contribution in [3.63, 3.8) is 0 Å². The number of nitrogens with one attached hydrogen (secondary N) is 1. The summed E-state index contributed by atoms with van der Waals surface area (Å²) in [7, 11) is 0. The minimum absolute atomic E-state index is 0.285. The third kappa shape index (κ3) is 4.20. The molecule has 0 aromatic heterocycles. The van der Waals surface area contributed by atoms with Gasteiger partial charge in [-0.15, -0.1) is 0 Å². The van der Waals surface area contributed by atoms with Gasteiger partial charge in [-0.2, -0.15) is 0 Å². The molecule has 2 aromatic rings. The Morgan fingerprint density at radius 2 is 1.64 bits per heavy atom. The normalized spacial score (nSPS) is 11.9. The molecule has 22 heavy (non-hydrogen) atoms. The van der Waals surface area contributed by atoms with Crippen molar-refractivity contribution >= 4 is 58.0 Å². The Morgan fingerprint density at radius 1 is 1.00 bits per heavy atom. The van der Waals surface area contributed by atoms with E-state index in [0.29, 0.717) is 26.5 Å². The van der Waals surface area contributed by atoms with Crippen molar-refractivity contribution < 1.29 is 9.53 Å². The number of benzene rings is 2. The van der Waals surface area contributed by atoms with Gasteiger partial charge in [0.1, 0.15) is 5.75 Å².